The highest BCUT2D eigenvalue weighted by Crippen LogP contribution is 2.17. The lowest BCUT2D eigenvalue weighted by molar-refractivity contribution is 0.482. The van der Waals surface area contributed by atoms with Crippen LogP contribution in [-0.2, 0) is 10.3 Å². The van der Waals surface area contributed by atoms with Gasteiger partial charge in [-0.1, -0.05) is 18.2 Å². The second-order valence-electron chi connectivity index (χ2n) is 2.42. The fourth-order valence-electron chi connectivity index (χ4n) is 0.771. The maximum absolute atomic E-state index is 10.2. The minimum Gasteiger partial charge on any atom is -0.267 e. The van der Waals surface area contributed by atoms with Crippen molar-refractivity contribution in [3.05, 3.63) is 29.8 Å². The van der Waals surface area contributed by atoms with E-state index < -0.39 is 10.3 Å². The van der Waals surface area contributed by atoms with Crippen LogP contribution in [-0.4, -0.2) is 13.0 Å². The van der Waals surface area contributed by atoms with Crippen molar-refractivity contribution in [2.75, 3.05) is 0 Å². The van der Waals surface area contributed by atoms with Crippen LogP contribution in [0.2, 0.25) is 0 Å². The third-order valence-electron chi connectivity index (χ3n) is 1.37. The highest BCUT2D eigenvalue weighted by atomic mass is 32.2. The predicted octanol–water partition coefficient (Wildman–Crippen LogP) is 1.88. The SMILES string of the molecule is Cc1ccccc1N=NS(=O)(=O)O. The molecular formula is C7H8N2O3S. The molecule has 70 valence electrons. The molecule has 1 aromatic carbocycles. The zero-order valence-corrected chi connectivity index (χ0v) is 7.69. The Balaban J connectivity index is 3.00. The van der Waals surface area contributed by atoms with Crippen molar-refractivity contribution in [2.45, 2.75) is 6.92 Å². The van der Waals surface area contributed by atoms with Gasteiger partial charge in [-0.05, 0) is 23.1 Å². The van der Waals surface area contributed by atoms with Crippen LogP contribution in [0.1, 0.15) is 5.56 Å². The minimum absolute atomic E-state index is 0.417. The fraction of sp³-hybridized carbons (Fsp3) is 0.143. The van der Waals surface area contributed by atoms with Gasteiger partial charge in [0.15, 0.2) is 0 Å². The molecule has 5 nitrogen and oxygen atoms in total. The summed E-state index contributed by atoms with van der Waals surface area (Å²) in [4.78, 5) is 0. The molecule has 6 heteroatoms. The summed E-state index contributed by atoms with van der Waals surface area (Å²) in [6.07, 6.45) is 0. The average molecular weight is 200 g/mol. The van der Waals surface area contributed by atoms with Gasteiger partial charge in [0, 0.05) is 0 Å². The van der Waals surface area contributed by atoms with Crippen LogP contribution >= 0.6 is 0 Å². The van der Waals surface area contributed by atoms with Crippen LogP contribution in [0.5, 0.6) is 0 Å². The van der Waals surface area contributed by atoms with Gasteiger partial charge in [0.25, 0.3) is 0 Å². The van der Waals surface area contributed by atoms with Crippen molar-refractivity contribution in [1.82, 2.24) is 0 Å². The molecule has 0 spiro atoms. The molecule has 0 radical (unpaired) electrons. The van der Waals surface area contributed by atoms with E-state index in [0.717, 1.165) is 5.56 Å². The van der Waals surface area contributed by atoms with E-state index in [1.54, 1.807) is 31.2 Å². The van der Waals surface area contributed by atoms with Gasteiger partial charge >= 0.3 is 10.3 Å². The molecule has 1 N–H and O–H groups in total. The molecule has 13 heavy (non-hydrogen) atoms. The molecular weight excluding hydrogens is 192 g/mol. The van der Waals surface area contributed by atoms with Gasteiger partial charge in [0.2, 0.25) is 0 Å². The number of hydrogen-bond acceptors (Lipinski definition) is 3. The zero-order chi connectivity index (χ0) is 9.90. The largest absolute Gasteiger partial charge is 0.396 e. The second kappa shape index (κ2) is 3.63. The second-order valence-corrected chi connectivity index (χ2v) is 3.47. The minimum atomic E-state index is -4.38. The zero-order valence-electron chi connectivity index (χ0n) is 6.88. The molecule has 1 rings (SSSR count). The summed E-state index contributed by atoms with van der Waals surface area (Å²) in [6.45, 7) is 1.76. The molecule has 0 aliphatic rings. The number of benzene rings is 1. The first-order valence-electron chi connectivity index (χ1n) is 3.45. The maximum Gasteiger partial charge on any atom is 0.396 e. The Morgan fingerprint density at radius 2 is 1.92 bits per heavy atom. The Labute approximate surface area is 76.0 Å². The summed E-state index contributed by atoms with van der Waals surface area (Å²) in [6, 6.07) is 6.86. The van der Waals surface area contributed by atoms with E-state index in [4.69, 9.17) is 4.55 Å². The van der Waals surface area contributed by atoms with E-state index >= 15 is 0 Å². The molecule has 0 fully saturated rings. The summed E-state index contributed by atoms with van der Waals surface area (Å²) < 4.78 is 31.4. The van der Waals surface area contributed by atoms with Crippen LogP contribution in [0.25, 0.3) is 0 Å². The van der Waals surface area contributed by atoms with Gasteiger partial charge in [0.05, 0.1) is 5.69 Å². The smallest absolute Gasteiger partial charge is 0.267 e. The third kappa shape index (κ3) is 3.30. The highest BCUT2D eigenvalue weighted by molar-refractivity contribution is 7.84. The van der Waals surface area contributed by atoms with Crippen molar-refractivity contribution < 1.29 is 13.0 Å². The van der Waals surface area contributed by atoms with Crippen molar-refractivity contribution >= 4 is 16.0 Å². The summed E-state index contributed by atoms with van der Waals surface area (Å²) in [7, 11) is -4.38. The van der Waals surface area contributed by atoms with Gasteiger partial charge in [-0.3, -0.25) is 4.55 Å². The van der Waals surface area contributed by atoms with Crippen LogP contribution in [0.4, 0.5) is 5.69 Å². The quantitative estimate of drug-likeness (QED) is 0.584. The average Bonchev–Trinajstić information content (AvgIpc) is 2.01. The Morgan fingerprint density at radius 1 is 1.31 bits per heavy atom. The Kier molecular flexibility index (Phi) is 2.74. The fourth-order valence-corrected chi connectivity index (χ4v) is 0.962. The molecule has 0 aliphatic heterocycles. The molecule has 0 saturated carbocycles. The van der Waals surface area contributed by atoms with Crippen molar-refractivity contribution in [3.8, 4) is 0 Å². The van der Waals surface area contributed by atoms with Gasteiger partial charge in [-0.25, -0.2) is 0 Å². The monoisotopic (exact) mass is 200 g/mol. The van der Waals surface area contributed by atoms with E-state index in [1.165, 1.54) is 0 Å². The first-order chi connectivity index (χ1) is 5.99. The molecule has 0 bridgehead atoms. The Morgan fingerprint density at radius 3 is 2.46 bits per heavy atom. The van der Waals surface area contributed by atoms with E-state index in [-0.39, 0.29) is 0 Å². The molecule has 0 aromatic heterocycles. The maximum atomic E-state index is 10.2. The van der Waals surface area contributed by atoms with Crippen LogP contribution in [0.15, 0.2) is 33.9 Å². The van der Waals surface area contributed by atoms with Gasteiger partial charge in [-0.15, -0.1) is 5.11 Å². The summed E-state index contributed by atoms with van der Waals surface area (Å²) in [5.41, 5.74) is 1.20. The van der Waals surface area contributed by atoms with Crippen molar-refractivity contribution in [3.63, 3.8) is 0 Å². The number of hydrogen-bond donors (Lipinski definition) is 1. The Hall–Kier alpha value is -1.27. The number of rotatable bonds is 2. The predicted molar refractivity (Wildman–Crippen MR) is 47.2 cm³/mol. The lowest BCUT2D eigenvalue weighted by Crippen LogP contribution is -1.88. The van der Waals surface area contributed by atoms with E-state index in [2.05, 4.69) is 9.63 Å². The number of nitrogens with zero attached hydrogens (tertiary/aromatic N) is 2. The third-order valence-corrected chi connectivity index (χ3v) is 1.66. The van der Waals surface area contributed by atoms with Crippen molar-refractivity contribution in [1.29, 1.82) is 0 Å². The molecule has 0 amide bonds. The summed E-state index contributed by atoms with van der Waals surface area (Å²) in [5, 5.41) is 3.36. The normalized spacial score (nSPS) is 12.2. The topological polar surface area (TPSA) is 79.1 Å². The Bertz CT molecular complexity index is 425. The summed E-state index contributed by atoms with van der Waals surface area (Å²) >= 11 is 0. The summed E-state index contributed by atoms with van der Waals surface area (Å²) in [5.74, 6) is 0. The van der Waals surface area contributed by atoms with Crippen LogP contribution in [0.3, 0.4) is 0 Å². The number of aryl methyl sites for hydroxylation is 1. The lowest BCUT2D eigenvalue weighted by atomic mass is 10.2. The molecule has 0 heterocycles. The molecule has 0 unspecified atom stereocenters. The standard InChI is InChI=1S/C7H8N2O3S/c1-6-4-2-3-5-7(6)8-9-13(10,11)12/h2-5H,1H3,(H,10,11,12). The van der Waals surface area contributed by atoms with Crippen LogP contribution in [0, 0.1) is 6.92 Å². The van der Waals surface area contributed by atoms with Crippen molar-refractivity contribution in [2.24, 2.45) is 9.63 Å². The van der Waals surface area contributed by atoms with Gasteiger partial charge in [0.1, 0.15) is 0 Å². The molecule has 0 atom stereocenters. The highest BCUT2D eigenvalue weighted by Gasteiger charge is 1.99. The molecule has 0 saturated heterocycles. The lowest BCUT2D eigenvalue weighted by Gasteiger charge is -1.94. The first-order valence-corrected chi connectivity index (χ1v) is 4.85. The van der Waals surface area contributed by atoms with Crippen LogP contribution < -0.4 is 0 Å². The first kappa shape index (κ1) is 9.82. The van der Waals surface area contributed by atoms with Gasteiger partial charge < -0.3 is 0 Å². The molecule has 0 aliphatic carbocycles. The van der Waals surface area contributed by atoms with E-state index in [1.807, 2.05) is 0 Å². The van der Waals surface area contributed by atoms with E-state index in [9.17, 15) is 8.42 Å². The van der Waals surface area contributed by atoms with E-state index in [0.29, 0.717) is 5.69 Å². The molecule has 1 aromatic rings. The van der Waals surface area contributed by atoms with Gasteiger partial charge in [-0.2, -0.15) is 8.42 Å².